The highest BCUT2D eigenvalue weighted by Gasteiger charge is 2.12. The lowest BCUT2D eigenvalue weighted by molar-refractivity contribution is 0.425. The Hall–Kier alpha value is -0.410. The first-order valence-corrected chi connectivity index (χ1v) is 6.42. The Labute approximate surface area is 97.1 Å². The highest BCUT2D eigenvalue weighted by molar-refractivity contribution is 7.09. The van der Waals surface area contributed by atoms with E-state index >= 15 is 0 Å². The van der Waals surface area contributed by atoms with Crippen LogP contribution in [-0.4, -0.2) is 10.5 Å². The summed E-state index contributed by atoms with van der Waals surface area (Å²) >= 11 is 1.76. The zero-order chi connectivity index (χ0) is 11.5. The third kappa shape index (κ3) is 4.76. The Morgan fingerprint density at radius 2 is 2.07 bits per heavy atom. The molecule has 0 radical (unpaired) electrons. The zero-order valence-electron chi connectivity index (χ0n) is 10.4. The van der Waals surface area contributed by atoms with Gasteiger partial charge in [0.25, 0.3) is 0 Å². The molecule has 0 spiro atoms. The number of hydrogen-bond acceptors (Lipinski definition) is 3. The van der Waals surface area contributed by atoms with Crippen LogP contribution in [0.2, 0.25) is 0 Å². The van der Waals surface area contributed by atoms with Crippen molar-refractivity contribution < 1.29 is 0 Å². The topological polar surface area (TPSA) is 24.9 Å². The molecule has 0 aliphatic rings. The second-order valence-corrected chi connectivity index (χ2v) is 6.36. The molecule has 0 saturated heterocycles. The Morgan fingerprint density at radius 3 is 2.60 bits per heavy atom. The first-order valence-electron chi connectivity index (χ1n) is 5.55. The predicted octanol–water partition coefficient (Wildman–Crippen LogP) is 3.23. The summed E-state index contributed by atoms with van der Waals surface area (Å²) in [6, 6.07) is 0. The van der Waals surface area contributed by atoms with E-state index < -0.39 is 0 Å². The molecule has 1 rings (SSSR count). The molecule has 3 heteroatoms. The van der Waals surface area contributed by atoms with Crippen molar-refractivity contribution in [2.24, 2.45) is 5.92 Å². The van der Waals surface area contributed by atoms with Gasteiger partial charge in [-0.2, -0.15) is 0 Å². The van der Waals surface area contributed by atoms with Crippen molar-refractivity contribution in [3.05, 3.63) is 16.1 Å². The van der Waals surface area contributed by atoms with Crippen molar-refractivity contribution in [3.8, 4) is 0 Å². The lowest BCUT2D eigenvalue weighted by atomic mass is 10.1. The fourth-order valence-corrected chi connectivity index (χ4v) is 2.07. The quantitative estimate of drug-likeness (QED) is 0.852. The highest BCUT2D eigenvalue weighted by atomic mass is 32.1. The first kappa shape index (κ1) is 12.7. The monoisotopic (exact) mass is 226 g/mol. The van der Waals surface area contributed by atoms with Gasteiger partial charge in [-0.1, -0.05) is 13.8 Å². The predicted molar refractivity (Wildman–Crippen MR) is 67.2 cm³/mol. The minimum absolute atomic E-state index is 0.180. The molecular weight excluding hydrogens is 204 g/mol. The van der Waals surface area contributed by atoms with Crippen LogP contribution in [0.3, 0.4) is 0 Å². The summed E-state index contributed by atoms with van der Waals surface area (Å²) in [6.45, 7) is 12.0. The van der Waals surface area contributed by atoms with Gasteiger partial charge in [0.1, 0.15) is 0 Å². The standard InChI is InChI=1S/C12H22N2S/c1-9(2)6-10-11(15-8-13-10)7-14-12(3,4)5/h8-9,14H,6-7H2,1-5H3. The van der Waals surface area contributed by atoms with Crippen molar-refractivity contribution >= 4 is 11.3 Å². The minimum atomic E-state index is 0.180. The number of thiazole rings is 1. The zero-order valence-corrected chi connectivity index (χ0v) is 11.2. The minimum Gasteiger partial charge on any atom is -0.307 e. The van der Waals surface area contributed by atoms with Crippen LogP contribution in [0.4, 0.5) is 0 Å². The summed E-state index contributed by atoms with van der Waals surface area (Å²) in [4.78, 5) is 5.82. The van der Waals surface area contributed by atoms with Crippen LogP contribution in [0, 0.1) is 5.92 Å². The molecule has 0 unspecified atom stereocenters. The molecule has 0 saturated carbocycles. The average molecular weight is 226 g/mol. The van der Waals surface area contributed by atoms with Gasteiger partial charge in [-0.05, 0) is 33.1 Å². The second kappa shape index (κ2) is 5.08. The maximum absolute atomic E-state index is 4.44. The smallest absolute Gasteiger partial charge is 0.0798 e. The molecule has 86 valence electrons. The van der Waals surface area contributed by atoms with Gasteiger partial charge in [-0.15, -0.1) is 11.3 Å². The van der Waals surface area contributed by atoms with Crippen LogP contribution in [0.1, 0.15) is 45.2 Å². The van der Waals surface area contributed by atoms with Gasteiger partial charge in [0, 0.05) is 17.0 Å². The Kier molecular flexibility index (Phi) is 4.29. The van der Waals surface area contributed by atoms with Gasteiger partial charge in [-0.3, -0.25) is 0 Å². The maximum atomic E-state index is 4.44. The van der Waals surface area contributed by atoms with Crippen molar-refractivity contribution in [3.63, 3.8) is 0 Å². The largest absolute Gasteiger partial charge is 0.307 e. The molecule has 0 amide bonds. The summed E-state index contributed by atoms with van der Waals surface area (Å²) < 4.78 is 0. The summed E-state index contributed by atoms with van der Waals surface area (Å²) in [5.74, 6) is 0.681. The molecule has 1 N–H and O–H groups in total. The summed E-state index contributed by atoms with van der Waals surface area (Å²) in [5, 5.41) is 3.51. The van der Waals surface area contributed by atoms with Crippen LogP contribution >= 0.6 is 11.3 Å². The molecule has 0 aromatic carbocycles. The fraction of sp³-hybridized carbons (Fsp3) is 0.750. The number of nitrogens with one attached hydrogen (secondary N) is 1. The molecule has 0 atom stereocenters. The average Bonchev–Trinajstić information content (AvgIpc) is 2.46. The van der Waals surface area contributed by atoms with E-state index in [1.54, 1.807) is 11.3 Å². The Balaban J connectivity index is 2.57. The van der Waals surface area contributed by atoms with Crippen LogP contribution < -0.4 is 5.32 Å². The molecule has 1 aromatic rings. The number of aromatic nitrogens is 1. The number of nitrogens with zero attached hydrogens (tertiary/aromatic N) is 1. The number of hydrogen-bond donors (Lipinski definition) is 1. The summed E-state index contributed by atoms with van der Waals surface area (Å²) in [6.07, 6.45) is 1.09. The van der Waals surface area contributed by atoms with E-state index in [2.05, 4.69) is 44.9 Å². The van der Waals surface area contributed by atoms with Crippen molar-refractivity contribution in [1.29, 1.82) is 0 Å². The van der Waals surface area contributed by atoms with E-state index in [9.17, 15) is 0 Å². The van der Waals surface area contributed by atoms with E-state index in [1.807, 2.05) is 5.51 Å². The normalized spacial score (nSPS) is 12.4. The van der Waals surface area contributed by atoms with E-state index in [4.69, 9.17) is 0 Å². The van der Waals surface area contributed by atoms with Crippen LogP contribution in [-0.2, 0) is 13.0 Å². The lowest BCUT2D eigenvalue weighted by Gasteiger charge is -2.20. The molecule has 1 heterocycles. The van der Waals surface area contributed by atoms with Gasteiger partial charge in [0.2, 0.25) is 0 Å². The molecule has 0 aliphatic heterocycles. The first-order chi connectivity index (χ1) is 6.88. The molecule has 1 aromatic heterocycles. The molecule has 15 heavy (non-hydrogen) atoms. The molecular formula is C12H22N2S. The van der Waals surface area contributed by atoms with E-state index in [1.165, 1.54) is 10.6 Å². The third-order valence-electron chi connectivity index (χ3n) is 2.11. The SMILES string of the molecule is CC(C)Cc1ncsc1CNC(C)(C)C. The number of rotatable bonds is 4. The van der Waals surface area contributed by atoms with Crippen LogP contribution in [0.25, 0.3) is 0 Å². The van der Waals surface area contributed by atoms with Crippen molar-refractivity contribution in [2.75, 3.05) is 0 Å². The highest BCUT2D eigenvalue weighted by Crippen LogP contribution is 2.17. The van der Waals surface area contributed by atoms with Crippen molar-refractivity contribution in [2.45, 2.75) is 53.1 Å². The van der Waals surface area contributed by atoms with Gasteiger partial charge in [-0.25, -0.2) is 4.98 Å². The van der Waals surface area contributed by atoms with E-state index in [0.717, 1.165) is 13.0 Å². The van der Waals surface area contributed by atoms with Gasteiger partial charge in [0.15, 0.2) is 0 Å². The van der Waals surface area contributed by atoms with Crippen molar-refractivity contribution in [1.82, 2.24) is 10.3 Å². The Bertz CT molecular complexity index is 297. The fourth-order valence-electron chi connectivity index (χ4n) is 1.34. The Morgan fingerprint density at radius 1 is 1.40 bits per heavy atom. The molecule has 0 fully saturated rings. The molecule has 0 bridgehead atoms. The summed E-state index contributed by atoms with van der Waals surface area (Å²) in [5.41, 5.74) is 3.41. The van der Waals surface area contributed by atoms with E-state index in [0.29, 0.717) is 5.92 Å². The van der Waals surface area contributed by atoms with Crippen LogP contribution in [0.15, 0.2) is 5.51 Å². The second-order valence-electron chi connectivity index (χ2n) is 5.42. The maximum Gasteiger partial charge on any atom is 0.0798 e. The van der Waals surface area contributed by atoms with Gasteiger partial charge < -0.3 is 5.32 Å². The van der Waals surface area contributed by atoms with Gasteiger partial charge in [0.05, 0.1) is 11.2 Å². The van der Waals surface area contributed by atoms with E-state index in [-0.39, 0.29) is 5.54 Å². The molecule has 2 nitrogen and oxygen atoms in total. The third-order valence-corrected chi connectivity index (χ3v) is 2.98. The summed E-state index contributed by atoms with van der Waals surface area (Å²) in [7, 11) is 0. The van der Waals surface area contributed by atoms with Gasteiger partial charge >= 0.3 is 0 Å². The molecule has 0 aliphatic carbocycles. The lowest BCUT2D eigenvalue weighted by Crippen LogP contribution is -2.35. The van der Waals surface area contributed by atoms with Crippen LogP contribution in [0.5, 0.6) is 0 Å².